The van der Waals surface area contributed by atoms with Crippen LogP contribution >= 0.6 is 11.6 Å². The molecule has 0 unspecified atom stereocenters. The molecule has 0 saturated carbocycles. The first kappa shape index (κ1) is 13.1. The van der Waals surface area contributed by atoms with Gasteiger partial charge in [0.2, 0.25) is 0 Å². The van der Waals surface area contributed by atoms with Gasteiger partial charge in [-0.2, -0.15) is 0 Å². The number of amidine groups is 1. The number of Topliss-reactive ketones (excluding diaryl/α,β-unsaturated/α-hetero) is 1. The molecule has 0 aliphatic heterocycles. The lowest BCUT2D eigenvalue weighted by Crippen LogP contribution is -2.27. The zero-order valence-electron chi connectivity index (χ0n) is 10.7. The SMILES string of the molecule is CC1(C)CCC(=O)c2cc(N=C(N)CCl)ccc21. The maximum Gasteiger partial charge on any atom is 0.163 e. The van der Waals surface area contributed by atoms with Crippen LogP contribution in [0.25, 0.3) is 0 Å². The maximum atomic E-state index is 12.0. The number of benzene rings is 1. The second kappa shape index (κ2) is 4.73. The fourth-order valence-electron chi connectivity index (χ4n) is 2.31. The molecule has 1 aromatic rings. The summed E-state index contributed by atoms with van der Waals surface area (Å²) in [7, 11) is 0. The highest BCUT2D eigenvalue weighted by Crippen LogP contribution is 2.38. The van der Waals surface area contributed by atoms with Crippen molar-refractivity contribution in [1.82, 2.24) is 0 Å². The van der Waals surface area contributed by atoms with Gasteiger partial charge in [-0.3, -0.25) is 4.79 Å². The van der Waals surface area contributed by atoms with E-state index in [-0.39, 0.29) is 17.1 Å². The van der Waals surface area contributed by atoms with Crippen LogP contribution in [0.2, 0.25) is 0 Å². The highest BCUT2D eigenvalue weighted by atomic mass is 35.5. The molecule has 1 aliphatic carbocycles. The molecular weight excluding hydrogens is 248 g/mol. The van der Waals surface area contributed by atoms with Crippen molar-refractivity contribution in [1.29, 1.82) is 0 Å². The first-order valence-corrected chi connectivity index (χ1v) is 6.54. The molecule has 18 heavy (non-hydrogen) atoms. The second-order valence-corrected chi connectivity index (χ2v) is 5.54. The Bertz CT molecular complexity index is 521. The monoisotopic (exact) mass is 264 g/mol. The van der Waals surface area contributed by atoms with Crippen LogP contribution in [0.5, 0.6) is 0 Å². The van der Waals surface area contributed by atoms with Gasteiger partial charge in [-0.25, -0.2) is 4.99 Å². The normalized spacial score (nSPS) is 18.6. The van der Waals surface area contributed by atoms with Crippen molar-refractivity contribution in [2.75, 3.05) is 5.88 Å². The Hall–Kier alpha value is -1.35. The summed E-state index contributed by atoms with van der Waals surface area (Å²) in [4.78, 5) is 16.2. The zero-order chi connectivity index (χ0) is 13.3. The van der Waals surface area contributed by atoms with Crippen LogP contribution in [-0.2, 0) is 5.41 Å². The molecule has 0 atom stereocenters. The van der Waals surface area contributed by atoms with E-state index in [1.54, 1.807) is 0 Å². The number of nitrogens with two attached hydrogens (primary N) is 1. The molecule has 2 rings (SSSR count). The van der Waals surface area contributed by atoms with E-state index in [0.717, 1.165) is 17.5 Å². The zero-order valence-corrected chi connectivity index (χ0v) is 11.4. The number of aliphatic imine (C=N–C) groups is 1. The number of halogens is 1. The first-order chi connectivity index (χ1) is 8.44. The van der Waals surface area contributed by atoms with Crippen LogP contribution < -0.4 is 5.73 Å². The molecule has 96 valence electrons. The van der Waals surface area contributed by atoms with Crippen LogP contribution in [0, 0.1) is 0 Å². The van der Waals surface area contributed by atoms with Gasteiger partial charge in [0.25, 0.3) is 0 Å². The second-order valence-electron chi connectivity index (χ2n) is 5.27. The van der Waals surface area contributed by atoms with Gasteiger partial charge in [-0.05, 0) is 29.5 Å². The van der Waals surface area contributed by atoms with E-state index in [9.17, 15) is 4.79 Å². The van der Waals surface area contributed by atoms with Crippen molar-refractivity contribution in [3.8, 4) is 0 Å². The van der Waals surface area contributed by atoms with Crippen LogP contribution in [0.4, 0.5) is 5.69 Å². The molecule has 1 aromatic carbocycles. The number of hydrogen-bond acceptors (Lipinski definition) is 2. The van der Waals surface area contributed by atoms with E-state index in [1.165, 1.54) is 0 Å². The van der Waals surface area contributed by atoms with Crippen LogP contribution in [0.3, 0.4) is 0 Å². The highest BCUT2D eigenvalue weighted by Gasteiger charge is 2.31. The highest BCUT2D eigenvalue weighted by molar-refractivity contribution is 6.28. The third kappa shape index (κ3) is 2.41. The van der Waals surface area contributed by atoms with Gasteiger partial charge in [0, 0.05) is 12.0 Å². The summed E-state index contributed by atoms with van der Waals surface area (Å²) in [6.45, 7) is 4.32. The molecule has 2 N–H and O–H groups in total. The van der Waals surface area contributed by atoms with Crippen LogP contribution in [0.15, 0.2) is 23.2 Å². The Morgan fingerprint density at radius 1 is 1.50 bits per heavy atom. The van der Waals surface area contributed by atoms with Crippen molar-refractivity contribution in [3.63, 3.8) is 0 Å². The number of alkyl halides is 1. The summed E-state index contributed by atoms with van der Waals surface area (Å²) in [5, 5.41) is 0. The van der Waals surface area contributed by atoms with E-state index in [0.29, 0.717) is 17.9 Å². The molecule has 0 fully saturated rings. The number of fused-ring (bicyclic) bond motifs is 1. The third-order valence-electron chi connectivity index (χ3n) is 3.42. The summed E-state index contributed by atoms with van der Waals surface area (Å²) in [5.41, 5.74) is 8.21. The molecule has 0 radical (unpaired) electrons. The molecule has 4 heteroatoms. The lowest BCUT2D eigenvalue weighted by molar-refractivity contribution is 0.0957. The number of hydrogen-bond donors (Lipinski definition) is 1. The molecule has 0 spiro atoms. The smallest absolute Gasteiger partial charge is 0.163 e. The number of carbonyl (C=O) groups is 1. The molecule has 0 saturated heterocycles. The van der Waals surface area contributed by atoms with E-state index in [1.807, 2.05) is 18.2 Å². The standard InChI is InChI=1S/C14H17ClN2O/c1-14(2)6-5-12(18)10-7-9(3-4-11(10)14)17-13(16)8-15/h3-4,7H,5-6,8H2,1-2H3,(H2,16,17). The summed E-state index contributed by atoms with van der Waals surface area (Å²) in [5.74, 6) is 0.737. The third-order valence-corrected chi connectivity index (χ3v) is 3.69. The number of nitrogens with zero attached hydrogens (tertiary/aromatic N) is 1. The Morgan fingerprint density at radius 3 is 2.89 bits per heavy atom. The number of rotatable bonds is 2. The maximum absolute atomic E-state index is 12.0. The molecule has 1 aliphatic rings. The lowest BCUT2D eigenvalue weighted by atomic mass is 9.72. The minimum absolute atomic E-state index is 0.0452. The van der Waals surface area contributed by atoms with E-state index >= 15 is 0 Å². The van der Waals surface area contributed by atoms with Crippen molar-refractivity contribution in [2.45, 2.75) is 32.1 Å². The van der Waals surface area contributed by atoms with Crippen molar-refractivity contribution >= 4 is 28.9 Å². The summed E-state index contributed by atoms with van der Waals surface area (Å²) in [6.07, 6.45) is 1.49. The summed E-state index contributed by atoms with van der Waals surface area (Å²) in [6, 6.07) is 5.68. The van der Waals surface area contributed by atoms with Crippen molar-refractivity contribution in [3.05, 3.63) is 29.3 Å². The van der Waals surface area contributed by atoms with Crippen molar-refractivity contribution in [2.24, 2.45) is 10.7 Å². The minimum Gasteiger partial charge on any atom is -0.386 e. The molecule has 0 bridgehead atoms. The Labute approximate surface area is 112 Å². The molecule has 3 nitrogen and oxygen atoms in total. The predicted molar refractivity (Wildman–Crippen MR) is 75.0 cm³/mol. The lowest BCUT2D eigenvalue weighted by Gasteiger charge is -2.31. The van der Waals surface area contributed by atoms with Crippen LogP contribution in [-0.4, -0.2) is 17.5 Å². The molecule has 0 heterocycles. The molecule has 0 amide bonds. The van der Waals surface area contributed by atoms with Gasteiger partial charge in [0.05, 0.1) is 11.6 Å². The number of ketones is 1. The Kier molecular flexibility index (Phi) is 3.44. The largest absolute Gasteiger partial charge is 0.386 e. The van der Waals surface area contributed by atoms with Gasteiger partial charge >= 0.3 is 0 Å². The van der Waals surface area contributed by atoms with Crippen molar-refractivity contribution < 1.29 is 4.79 Å². The topological polar surface area (TPSA) is 55.5 Å². The average Bonchev–Trinajstić information content (AvgIpc) is 2.34. The van der Waals surface area contributed by atoms with E-state index in [2.05, 4.69) is 18.8 Å². The van der Waals surface area contributed by atoms with E-state index in [4.69, 9.17) is 17.3 Å². The average molecular weight is 265 g/mol. The fraction of sp³-hybridized carbons (Fsp3) is 0.429. The molecule has 0 aromatic heterocycles. The summed E-state index contributed by atoms with van der Waals surface area (Å²) >= 11 is 5.60. The quantitative estimate of drug-likeness (QED) is 0.507. The first-order valence-electron chi connectivity index (χ1n) is 6.01. The van der Waals surface area contributed by atoms with Gasteiger partial charge < -0.3 is 5.73 Å². The minimum atomic E-state index is 0.0452. The van der Waals surface area contributed by atoms with Gasteiger partial charge in [-0.15, -0.1) is 11.6 Å². The Morgan fingerprint density at radius 2 is 2.22 bits per heavy atom. The van der Waals surface area contributed by atoms with E-state index < -0.39 is 0 Å². The molecular formula is C14H17ClN2O. The van der Waals surface area contributed by atoms with Gasteiger partial charge in [0.1, 0.15) is 5.84 Å². The van der Waals surface area contributed by atoms with Gasteiger partial charge in [-0.1, -0.05) is 19.9 Å². The predicted octanol–water partition coefficient (Wildman–Crippen LogP) is 3.17. The van der Waals surface area contributed by atoms with Crippen LogP contribution in [0.1, 0.15) is 42.6 Å². The number of carbonyl (C=O) groups excluding carboxylic acids is 1. The van der Waals surface area contributed by atoms with Gasteiger partial charge in [0.15, 0.2) is 5.78 Å². The fourth-order valence-corrected chi connectivity index (χ4v) is 2.37. The summed E-state index contributed by atoms with van der Waals surface area (Å²) < 4.78 is 0. The Balaban J connectivity index is 2.48.